The van der Waals surface area contributed by atoms with Gasteiger partial charge in [0.1, 0.15) is 12.1 Å². The van der Waals surface area contributed by atoms with E-state index in [0.717, 1.165) is 22.4 Å². The predicted molar refractivity (Wildman–Crippen MR) is 105 cm³/mol. The summed E-state index contributed by atoms with van der Waals surface area (Å²) in [6, 6.07) is 16.1. The van der Waals surface area contributed by atoms with Crippen molar-refractivity contribution in [2.75, 3.05) is 5.32 Å². The van der Waals surface area contributed by atoms with Crippen LogP contribution in [-0.4, -0.2) is 19.5 Å². The molecule has 0 radical (unpaired) electrons. The van der Waals surface area contributed by atoms with E-state index < -0.39 is 0 Å². The van der Waals surface area contributed by atoms with E-state index in [4.69, 9.17) is 11.6 Å². The van der Waals surface area contributed by atoms with Gasteiger partial charge in [-0.2, -0.15) is 4.98 Å². The van der Waals surface area contributed by atoms with Crippen molar-refractivity contribution >= 4 is 28.6 Å². The number of aryl methyl sites for hydroxylation is 1. The van der Waals surface area contributed by atoms with Crippen molar-refractivity contribution in [1.29, 1.82) is 0 Å². The van der Waals surface area contributed by atoms with E-state index in [1.54, 1.807) is 12.5 Å². The van der Waals surface area contributed by atoms with E-state index in [9.17, 15) is 0 Å². The van der Waals surface area contributed by atoms with Gasteiger partial charge >= 0.3 is 0 Å². The molecule has 0 aliphatic rings. The van der Waals surface area contributed by atoms with Gasteiger partial charge in [-0.25, -0.2) is 9.97 Å². The summed E-state index contributed by atoms with van der Waals surface area (Å²) in [5, 5.41) is 4.06. The summed E-state index contributed by atoms with van der Waals surface area (Å²) in [6.45, 7) is 4.05. The Balaban J connectivity index is 1.67. The molecule has 0 amide bonds. The van der Waals surface area contributed by atoms with Crippen LogP contribution in [0.3, 0.4) is 0 Å². The molecule has 0 bridgehead atoms. The molecule has 1 unspecified atom stereocenters. The lowest BCUT2D eigenvalue weighted by Gasteiger charge is -2.14. The third-order valence-electron chi connectivity index (χ3n) is 4.36. The average Bonchev–Trinajstić information content (AvgIpc) is 3.05. The van der Waals surface area contributed by atoms with E-state index >= 15 is 0 Å². The highest BCUT2D eigenvalue weighted by Crippen LogP contribution is 2.25. The average molecular weight is 364 g/mol. The molecule has 0 aliphatic heterocycles. The minimum Gasteiger partial charge on any atom is -0.348 e. The molecule has 2 aromatic heterocycles. The van der Waals surface area contributed by atoms with Gasteiger partial charge in [0.05, 0.1) is 17.1 Å². The van der Waals surface area contributed by atoms with E-state index in [1.807, 2.05) is 47.9 Å². The zero-order valence-electron chi connectivity index (χ0n) is 14.5. The molecule has 4 rings (SSSR count). The molecule has 0 aliphatic carbocycles. The first kappa shape index (κ1) is 16.5. The highest BCUT2D eigenvalue weighted by atomic mass is 35.5. The molecule has 0 saturated carbocycles. The molecule has 0 spiro atoms. The number of imidazole rings is 1. The second-order valence-corrected chi connectivity index (χ2v) is 6.63. The summed E-state index contributed by atoms with van der Waals surface area (Å²) in [6.07, 6.45) is 3.50. The van der Waals surface area contributed by atoms with E-state index in [-0.39, 0.29) is 6.04 Å². The number of nitrogens with one attached hydrogen (secondary N) is 1. The molecule has 2 heterocycles. The summed E-state index contributed by atoms with van der Waals surface area (Å²) in [7, 11) is 0. The van der Waals surface area contributed by atoms with E-state index in [2.05, 4.69) is 39.3 Å². The molecule has 2 aromatic carbocycles. The van der Waals surface area contributed by atoms with Gasteiger partial charge in [0, 0.05) is 11.2 Å². The van der Waals surface area contributed by atoms with Crippen molar-refractivity contribution < 1.29 is 0 Å². The van der Waals surface area contributed by atoms with E-state index in [1.165, 1.54) is 5.56 Å². The summed E-state index contributed by atoms with van der Waals surface area (Å²) in [4.78, 5) is 13.4. The van der Waals surface area contributed by atoms with Gasteiger partial charge in [0.25, 0.3) is 0 Å². The Morgan fingerprint density at radius 2 is 1.88 bits per heavy atom. The van der Waals surface area contributed by atoms with Gasteiger partial charge in [-0.3, -0.25) is 4.57 Å². The lowest BCUT2D eigenvalue weighted by Crippen LogP contribution is -2.10. The topological polar surface area (TPSA) is 55.6 Å². The van der Waals surface area contributed by atoms with E-state index in [0.29, 0.717) is 11.0 Å². The molecule has 4 aromatic rings. The number of nitrogens with zero attached hydrogens (tertiary/aromatic N) is 4. The van der Waals surface area contributed by atoms with Crippen LogP contribution in [0.15, 0.2) is 61.1 Å². The number of hydrogen-bond acceptors (Lipinski definition) is 4. The van der Waals surface area contributed by atoms with Gasteiger partial charge in [0.15, 0.2) is 0 Å². The third-order valence-corrected chi connectivity index (χ3v) is 4.77. The maximum atomic E-state index is 6.29. The van der Waals surface area contributed by atoms with Crippen molar-refractivity contribution in [2.24, 2.45) is 0 Å². The Bertz CT molecular complexity index is 1060. The second-order valence-electron chi connectivity index (χ2n) is 6.22. The van der Waals surface area contributed by atoms with Crippen LogP contribution in [-0.2, 0) is 0 Å². The van der Waals surface area contributed by atoms with Crippen molar-refractivity contribution in [2.45, 2.75) is 19.9 Å². The molecule has 1 N–H and O–H groups in total. The first-order valence-electron chi connectivity index (χ1n) is 8.40. The fourth-order valence-corrected chi connectivity index (χ4v) is 3.05. The van der Waals surface area contributed by atoms with Gasteiger partial charge < -0.3 is 5.32 Å². The molecular formula is C20H18ClN5. The zero-order chi connectivity index (χ0) is 18.1. The van der Waals surface area contributed by atoms with Crippen LogP contribution in [0, 0.1) is 6.92 Å². The van der Waals surface area contributed by atoms with Gasteiger partial charge in [-0.1, -0.05) is 41.9 Å². The number of hydrogen-bond donors (Lipinski definition) is 1. The number of aromatic nitrogens is 4. The standard InChI is InChI=1S/C20H18ClN5/c1-13-10-17-18(11-16(13)21)26(12-23-17)19-8-9-22-20(25-19)24-14(2)15-6-4-3-5-7-15/h3-12,14H,1-2H3,(H,22,24,25). The Morgan fingerprint density at radius 3 is 2.69 bits per heavy atom. The Labute approximate surface area is 156 Å². The molecule has 5 nitrogen and oxygen atoms in total. The second kappa shape index (κ2) is 6.77. The maximum absolute atomic E-state index is 6.29. The molecule has 26 heavy (non-hydrogen) atoms. The molecule has 130 valence electrons. The number of rotatable bonds is 4. The molecule has 0 fully saturated rings. The first-order valence-corrected chi connectivity index (χ1v) is 8.78. The van der Waals surface area contributed by atoms with Crippen LogP contribution in [0.25, 0.3) is 16.9 Å². The number of halogens is 1. The fraction of sp³-hybridized carbons (Fsp3) is 0.150. The van der Waals surface area contributed by atoms with Crippen LogP contribution >= 0.6 is 11.6 Å². The maximum Gasteiger partial charge on any atom is 0.225 e. The highest BCUT2D eigenvalue weighted by molar-refractivity contribution is 6.32. The van der Waals surface area contributed by atoms with Gasteiger partial charge in [-0.15, -0.1) is 0 Å². The van der Waals surface area contributed by atoms with Gasteiger partial charge in [-0.05, 0) is 43.2 Å². The number of fused-ring (bicyclic) bond motifs is 1. The van der Waals surface area contributed by atoms with Crippen LogP contribution in [0.5, 0.6) is 0 Å². The largest absolute Gasteiger partial charge is 0.348 e. The summed E-state index contributed by atoms with van der Waals surface area (Å²) < 4.78 is 1.92. The normalized spacial score (nSPS) is 12.3. The Kier molecular flexibility index (Phi) is 4.31. The summed E-state index contributed by atoms with van der Waals surface area (Å²) in [5.41, 5.74) is 3.99. The third kappa shape index (κ3) is 3.13. The minimum atomic E-state index is 0.100. The minimum absolute atomic E-state index is 0.100. The van der Waals surface area contributed by atoms with Crippen molar-refractivity contribution in [3.05, 3.63) is 77.2 Å². The van der Waals surface area contributed by atoms with Crippen molar-refractivity contribution in [3.63, 3.8) is 0 Å². The van der Waals surface area contributed by atoms with Crippen molar-refractivity contribution in [1.82, 2.24) is 19.5 Å². The van der Waals surface area contributed by atoms with Crippen molar-refractivity contribution in [3.8, 4) is 5.82 Å². The predicted octanol–water partition coefficient (Wildman–Crippen LogP) is 4.95. The SMILES string of the molecule is Cc1cc2ncn(-c3ccnc(NC(C)c4ccccc4)n3)c2cc1Cl. The Morgan fingerprint density at radius 1 is 1.08 bits per heavy atom. The quantitative estimate of drug-likeness (QED) is 0.557. The molecule has 1 atom stereocenters. The molecular weight excluding hydrogens is 346 g/mol. The number of benzene rings is 2. The van der Waals surface area contributed by atoms with Crippen LogP contribution in [0.2, 0.25) is 5.02 Å². The first-order chi connectivity index (χ1) is 12.6. The lowest BCUT2D eigenvalue weighted by molar-refractivity contribution is 0.854. The number of anilines is 1. The monoisotopic (exact) mass is 363 g/mol. The van der Waals surface area contributed by atoms with Gasteiger partial charge in [0.2, 0.25) is 5.95 Å². The van der Waals surface area contributed by atoms with Crippen LogP contribution in [0.4, 0.5) is 5.95 Å². The lowest BCUT2D eigenvalue weighted by atomic mass is 10.1. The Hall–Kier alpha value is -2.92. The van der Waals surface area contributed by atoms with Crippen LogP contribution in [0.1, 0.15) is 24.1 Å². The van der Waals surface area contributed by atoms with Crippen LogP contribution < -0.4 is 5.32 Å². The molecule has 0 saturated heterocycles. The molecule has 6 heteroatoms. The highest BCUT2D eigenvalue weighted by Gasteiger charge is 2.11. The fourth-order valence-electron chi connectivity index (χ4n) is 2.89. The smallest absolute Gasteiger partial charge is 0.225 e. The summed E-state index contributed by atoms with van der Waals surface area (Å²) in [5.74, 6) is 1.31. The zero-order valence-corrected chi connectivity index (χ0v) is 15.3. The summed E-state index contributed by atoms with van der Waals surface area (Å²) >= 11 is 6.29.